The number of rotatable bonds is 9. The highest BCUT2D eigenvalue weighted by atomic mass is 32.2. The van der Waals surface area contributed by atoms with Gasteiger partial charge in [-0.3, -0.25) is 14.3 Å². The first kappa shape index (κ1) is 28.4. The van der Waals surface area contributed by atoms with E-state index in [1.54, 1.807) is 68.7 Å². The largest absolute Gasteiger partial charge is 0.483 e. The van der Waals surface area contributed by atoms with E-state index in [2.05, 4.69) is 14.9 Å². The van der Waals surface area contributed by atoms with Crippen molar-refractivity contribution in [1.82, 2.24) is 19.6 Å². The molecular weight excluding hydrogens is 531 g/mol. The molecule has 11 nitrogen and oxygen atoms in total. The van der Waals surface area contributed by atoms with Crippen molar-refractivity contribution < 1.29 is 31.9 Å². The third-order valence-corrected chi connectivity index (χ3v) is 7.00. The van der Waals surface area contributed by atoms with Gasteiger partial charge in [0.1, 0.15) is 17.4 Å². The maximum atomic E-state index is 13.8. The zero-order valence-corrected chi connectivity index (χ0v) is 23.1. The van der Waals surface area contributed by atoms with E-state index >= 15 is 0 Å². The van der Waals surface area contributed by atoms with Gasteiger partial charge in [0.25, 0.3) is 10.0 Å². The lowest BCUT2D eigenvalue weighted by Gasteiger charge is -2.19. The first-order chi connectivity index (χ1) is 18.2. The van der Waals surface area contributed by atoms with Crippen LogP contribution in [0.1, 0.15) is 43.6 Å². The molecule has 0 unspecified atom stereocenters. The summed E-state index contributed by atoms with van der Waals surface area (Å²) >= 11 is 0. The summed E-state index contributed by atoms with van der Waals surface area (Å²) in [6.45, 7) is 8.64. The maximum absolute atomic E-state index is 13.8. The van der Waals surface area contributed by atoms with Crippen molar-refractivity contribution >= 4 is 21.0 Å². The molecule has 4 aromatic rings. The van der Waals surface area contributed by atoms with Crippen LogP contribution in [0.4, 0.5) is 4.39 Å². The third-order valence-electron chi connectivity index (χ3n) is 5.82. The van der Waals surface area contributed by atoms with Gasteiger partial charge in [-0.15, -0.1) is 0 Å². The fourth-order valence-corrected chi connectivity index (χ4v) is 5.09. The molecule has 0 aliphatic rings. The van der Waals surface area contributed by atoms with Crippen LogP contribution in [0.25, 0.3) is 22.3 Å². The topological polar surface area (TPSA) is 146 Å². The van der Waals surface area contributed by atoms with Gasteiger partial charge in [0.15, 0.2) is 11.2 Å². The molecule has 0 aliphatic carbocycles. The van der Waals surface area contributed by atoms with E-state index in [1.165, 1.54) is 0 Å². The molecule has 1 atom stereocenters. The predicted octanol–water partition coefficient (Wildman–Crippen LogP) is 3.56. The Morgan fingerprint density at radius 1 is 1.26 bits per heavy atom. The number of nitrogens with one attached hydrogen (secondary N) is 1. The Morgan fingerprint density at radius 3 is 2.64 bits per heavy atom. The van der Waals surface area contributed by atoms with Gasteiger partial charge in [0.05, 0.1) is 36.4 Å². The van der Waals surface area contributed by atoms with E-state index in [4.69, 9.17) is 9.15 Å². The fourth-order valence-electron chi connectivity index (χ4n) is 4.20. The number of aliphatic hydroxyl groups is 1. The lowest BCUT2D eigenvalue weighted by Crippen LogP contribution is -2.26. The average molecular weight is 561 g/mol. The van der Waals surface area contributed by atoms with Gasteiger partial charge < -0.3 is 14.3 Å². The van der Waals surface area contributed by atoms with E-state index in [1.807, 2.05) is 0 Å². The number of hydrogen-bond donors (Lipinski definition) is 2. The summed E-state index contributed by atoms with van der Waals surface area (Å²) in [5, 5.41) is 14.0. The molecule has 0 fully saturated rings. The lowest BCUT2D eigenvalue weighted by atomic mass is 10.0. The standard InChI is InChI=1S/C26H29FN4O7S/c1-14-9-18(16(3)37-20-7-8-21(27)29-25(20)39(34,35)30-36-6)24-19(10-14)22(32)15(2)23(38-24)17-11-28-31(12-17)13-26(4,5)33/h7-12,16,30,33H,13H2,1-6H3/t16-/m1/s1. The van der Waals surface area contributed by atoms with Crippen LogP contribution in [0.5, 0.6) is 5.75 Å². The van der Waals surface area contributed by atoms with Crippen molar-refractivity contribution in [1.29, 1.82) is 0 Å². The first-order valence-electron chi connectivity index (χ1n) is 11.9. The zero-order chi connectivity index (χ0) is 28.7. The Balaban J connectivity index is 1.83. The molecule has 0 saturated carbocycles. The number of hydrogen-bond acceptors (Lipinski definition) is 9. The summed E-state index contributed by atoms with van der Waals surface area (Å²) in [5.74, 6) is -0.961. The van der Waals surface area contributed by atoms with Gasteiger partial charge in [-0.25, -0.2) is 13.4 Å². The highest BCUT2D eigenvalue weighted by Gasteiger charge is 2.26. The Labute approximate surface area is 224 Å². The van der Waals surface area contributed by atoms with Gasteiger partial charge in [0.2, 0.25) is 11.0 Å². The number of pyridine rings is 1. The van der Waals surface area contributed by atoms with E-state index < -0.39 is 32.7 Å². The molecular formula is C26H29FN4O7S. The summed E-state index contributed by atoms with van der Waals surface area (Å²) in [7, 11) is -3.26. The zero-order valence-electron chi connectivity index (χ0n) is 22.3. The Bertz CT molecular complexity index is 1710. The highest BCUT2D eigenvalue weighted by molar-refractivity contribution is 7.89. The van der Waals surface area contributed by atoms with Crippen LogP contribution >= 0.6 is 0 Å². The molecule has 13 heteroatoms. The Morgan fingerprint density at radius 2 is 1.97 bits per heavy atom. The van der Waals surface area contributed by atoms with E-state index in [0.29, 0.717) is 27.8 Å². The second-order valence-corrected chi connectivity index (χ2v) is 11.4. The summed E-state index contributed by atoms with van der Waals surface area (Å²) in [6, 6.07) is 5.56. The summed E-state index contributed by atoms with van der Waals surface area (Å²) in [6.07, 6.45) is 2.36. The molecule has 0 amide bonds. The van der Waals surface area contributed by atoms with Crippen molar-refractivity contribution in [3.8, 4) is 17.1 Å². The normalized spacial score (nSPS) is 13.1. The van der Waals surface area contributed by atoms with Crippen LogP contribution in [0.3, 0.4) is 0 Å². The number of fused-ring (bicyclic) bond motifs is 1. The molecule has 3 heterocycles. The predicted molar refractivity (Wildman–Crippen MR) is 140 cm³/mol. The van der Waals surface area contributed by atoms with Gasteiger partial charge in [-0.1, -0.05) is 4.89 Å². The third kappa shape index (κ3) is 6.01. The molecule has 3 aromatic heterocycles. The number of aromatic nitrogens is 3. The van der Waals surface area contributed by atoms with Gasteiger partial charge in [-0.05, 0) is 64.4 Å². The molecule has 0 saturated heterocycles. The number of halogens is 1. The summed E-state index contributed by atoms with van der Waals surface area (Å²) < 4.78 is 52.7. The smallest absolute Gasteiger partial charge is 0.283 e. The fraction of sp³-hybridized carbons (Fsp3) is 0.346. The molecule has 208 valence electrons. The van der Waals surface area contributed by atoms with Crippen molar-refractivity contribution in [3.63, 3.8) is 0 Å². The van der Waals surface area contributed by atoms with Gasteiger partial charge >= 0.3 is 0 Å². The molecule has 4 rings (SSSR count). The SMILES string of the molecule is CONS(=O)(=O)c1nc(F)ccc1O[C@H](C)c1cc(C)cc2c(=O)c(C)c(-c3cnn(CC(C)(C)O)c3)oc12. The second-order valence-electron chi connectivity index (χ2n) is 9.84. The van der Waals surface area contributed by atoms with Crippen LogP contribution in [-0.2, 0) is 21.4 Å². The Hall–Kier alpha value is -3.65. The molecule has 39 heavy (non-hydrogen) atoms. The van der Waals surface area contributed by atoms with Crippen molar-refractivity contribution in [2.24, 2.45) is 0 Å². The summed E-state index contributed by atoms with van der Waals surface area (Å²) in [5.41, 5.74) is 1.10. The molecule has 1 aromatic carbocycles. The van der Waals surface area contributed by atoms with Crippen LogP contribution < -0.4 is 15.1 Å². The number of ether oxygens (including phenoxy) is 1. The molecule has 0 spiro atoms. The lowest BCUT2D eigenvalue weighted by molar-refractivity contribution is 0.0577. The van der Waals surface area contributed by atoms with E-state index in [9.17, 15) is 22.7 Å². The van der Waals surface area contributed by atoms with Gasteiger partial charge in [0, 0.05) is 17.3 Å². The number of aryl methyl sites for hydroxylation is 1. The number of benzene rings is 1. The van der Waals surface area contributed by atoms with Crippen LogP contribution in [0.2, 0.25) is 0 Å². The average Bonchev–Trinajstić information content (AvgIpc) is 3.28. The second kappa shape index (κ2) is 10.5. The first-order valence-corrected chi connectivity index (χ1v) is 13.4. The number of nitrogens with zero attached hydrogens (tertiary/aromatic N) is 3. The molecule has 0 radical (unpaired) electrons. The monoisotopic (exact) mass is 560 g/mol. The minimum Gasteiger partial charge on any atom is -0.483 e. The quantitative estimate of drug-likeness (QED) is 0.232. The summed E-state index contributed by atoms with van der Waals surface area (Å²) in [4.78, 5) is 23.2. The van der Waals surface area contributed by atoms with Crippen molar-refractivity contribution in [2.45, 2.75) is 57.9 Å². The molecule has 0 aliphatic heterocycles. The van der Waals surface area contributed by atoms with E-state index in [0.717, 1.165) is 24.8 Å². The Kier molecular flexibility index (Phi) is 7.63. The highest BCUT2D eigenvalue weighted by Crippen LogP contribution is 2.34. The van der Waals surface area contributed by atoms with E-state index in [-0.39, 0.29) is 23.3 Å². The molecule has 0 bridgehead atoms. The van der Waals surface area contributed by atoms with Crippen LogP contribution in [0.15, 0.2) is 50.9 Å². The maximum Gasteiger partial charge on any atom is 0.283 e. The minimum atomic E-state index is -4.36. The van der Waals surface area contributed by atoms with Crippen LogP contribution in [-0.4, -0.2) is 41.0 Å². The van der Waals surface area contributed by atoms with Crippen LogP contribution in [0, 0.1) is 19.8 Å². The number of sulfonamides is 1. The van der Waals surface area contributed by atoms with Crippen molar-refractivity contribution in [2.75, 3.05) is 7.11 Å². The van der Waals surface area contributed by atoms with Crippen molar-refractivity contribution in [3.05, 3.63) is 69.5 Å². The van der Waals surface area contributed by atoms with Gasteiger partial charge in [-0.2, -0.15) is 9.49 Å². The molecule has 2 N–H and O–H groups in total. The minimum absolute atomic E-state index is 0.230.